The molecule has 0 N–H and O–H groups in total. The average molecular weight is 264 g/mol. The zero-order valence-electron chi connectivity index (χ0n) is 11.2. The normalized spacial score (nSPS) is 9.80. The summed E-state index contributed by atoms with van der Waals surface area (Å²) in [6.45, 7) is 3.79. The second kappa shape index (κ2) is 5.38. The van der Waals surface area contributed by atoms with Crippen LogP contribution >= 0.6 is 0 Å². The number of ketones is 1. The summed E-state index contributed by atoms with van der Waals surface area (Å²) in [7, 11) is 0. The molecule has 0 aliphatic rings. The molecule has 0 fully saturated rings. The Balaban J connectivity index is 2.34. The maximum atomic E-state index is 12.3. The lowest BCUT2D eigenvalue weighted by atomic mass is 10.0. The van der Waals surface area contributed by atoms with E-state index >= 15 is 0 Å². The molecule has 0 saturated heterocycles. The van der Waals surface area contributed by atoms with E-state index in [-0.39, 0.29) is 23.7 Å². The maximum Gasteiger partial charge on any atom is 0.182 e. The molecule has 0 bridgehead atoms. The van der Waals surface area contributed by atoms with Gasteiger partial charge in [-0.1, -0.05) is 17.7 Å². The van der Waals surface area contributed by atoms with Crippen molar-refractivity contribution in [3.63, 3.8) is 0 Å². The highest BCUT2D eigenvalue weighted by Crippen LogP contribution is 2.13. The van der Waals surface area contributed by atoms with Crippen molar-refractivity contribution in [2.24, 2.45) is 0 Å². The van der Waals surface area contributed by atoms with Crippen LogP contribution in [0, 0.1) is 36.5 Å². The van der Waals surface area contributed by atoms with Crippen LogP contribution in [-0.4, -0.2) is 15.3 Å². The highest BCUT2D eigenvalue weighted by Gasteiger charge is 2.15. The van der Waals surface area contributed by atoms with Crippen molar-refractivity contribution < 1.29 is 4.79 Å². The molecule has 0 amide bonds. The molecule has 1 aromatic carbocycles. The number of aromatic nitrogens is 2. The number of hydrogen-bond donors (Lipinski definition) is 0. The number of benzene rings is 1. The van der Waals surface area contributed by atoms with Crippen molar-refractivity contribution in [3.8, 4) is 12.1 Å². The molecule has 5 nitrogen and oxygen atoms in total. The number of nitrogens with zero attached hydrogens (tertiary/aromatic N) is 4. The molecule has 0 spiro atoms. The van der Waals surface area contributed by atoms with E-state index in [4.69, 9.17) is 10.5 Å². The third-order valence-electron chi connectivity index (χ3n) is 3.06. The van der Waals surface area contributed by atoms with Gasteiger partial charge in [-0.15, -0.1) is 0 Å². The van der Waals surface area contributed by atoms with Gasteiger partial charge in [-0.05, 0) is 25.5 Å². The summed E-state index contributed by atoms with van der Waals surface area (Å²) in [5.41, 5.74) is 2.68. The minimum Gasteiger partial charge on any atom is -0.313 e. The summed E-state index contributed by atoms with van der Waals surface area (Å²) in [4.78, 5) is 16.1. The van der Waals surface area contributed by atoms with Crippen molar-refractivity contribution in [2.45, 2.75) is 20.4 Å². The molecule has 1 aromatic heterocycles. The molecular formula is C15H12N4O. The van der Waals surface area contributed by atoms with Crippen LogP contribution in [-0.2, 0) is 6.54 Å². The molecule has 5 heteroatoms. The van der Waals surface area contributed by atoms with Crippen LogP contribution in [0.3, 0.4) is 0 Å². The lowest BCUT2D eigenvalue weighted by Crippen LogP contribution is -2.12. The van der Waals surface area contributed by atoms with E-state index in [1.165, 1.54) is 10.9 Å². The molecule has 0 atom stereocenters. The van der Waals surface area contributed by atoms with Crippen LogP contribution in [0.5, 0.6) is 0 Å². The minimum absolute atomic E-state index is 0.00185. The Labute approximate surface area is 116 Å². The van der Waals surface area contributed by atoms with E-state index in [0.717, 1.165) is 11.1 Å². The zero-order valence-corrected chi connectivity index (χ0v) is 11.2. The molecule has 0 unspecified atom stereocenters. The fourth-order valence-corrected chi connectivity index (χ4v) is 1.98. The van der Waals surface area contributed by atoms with Gasteiger partial charge in [0.05, 0.1) is 12.9 Å². The third-order valence-corrected chi connectivity index (χ3v) is 3.06. The lowest BCUT2D eigenvalue weighted by Gasteiger charge is -2.07. The Hall–Kier alpha value is -2.92. The molecule has 2 aromatic rings. The van der Waals surface area contributed by atoms with Crippen LogP contribution in [0.1, 0.15) is 32.9 Å². The van der Waals surface area contributed by atoms with E-state index < -0.39 is 0 Å². The summed E-state index contributed by atoms with van der Waals surface area (Å²) >= 11 is 0. The third kappa shape index (κ3) is 2.43. The Morgan fingerprint density at radius 1 is 1.30 bits per heavy atom. The number of hydrogen-bond acceptors (Lipinski definition) is 4. The molecule has 0 aliphatic heterocycles. The minimum atomic E-state index is -0.107. The SMILES string of the molecule is Cc1ccc(C)c(C(=O)Cn2cnc(C#N)c2C#N)c1. The average Bonchev–Trinajstić information content (AvgIpc) is 2.83. The van der Waals surface area contributed by atoms with Crippen LogP contribution in [0.4, 0.5) is 0 Å². The molecular weight excluding hydrogens is 252 g/mol. The molecule has 0 radical (unpaired) electrons. The zero-order chi connectivity index (χ0) is 14.7. The highest BCUT2D eigenvalue weighted by atomic mass is 16.1. The molecule has 0 aliphatic carbocycles. The van der Waals surface area contributed by atoms with Gasteiger partial charge in [-0.3, -0.25) is 4.79 Å². The molecule has 1 heterocycles. The van der Waals surface area contributed by atoms with Gasteiger partial charge in [0.25, 0.3) is 0 Å². The van der Waals surface area contributed by atoms with Gasteiger partial charge in [0.15, 0.2) is 17.2 Å². The van der Waals surface area contributed by atoms with Crippen molar-refractivity contribution >= 4 is 5.78 Å². The van der Waals surface area contributed by atoms with Gasteiger partial charge < -0.3 is 4.57 Å². The topological polar surface area (TPSA) is 82.5 Å². The number of carbonyl (C=O) groups excluding carboxylic acids is 1. The smallest absolute Gasteiger partial charge is 0.182 e. The van der Waals surface area contributed by atoms with Gasteiger partial charge >= 0.3 is 0 Å². The number of carbonyl (C=O) groups is 1. The van der Waals surface area contributed by atoms with Crippen molar-refractivity contribution in [1.82, 2.24) is 9.55 Å². The van der Waals surface area contributed by atoms with Crippen LogP contribution in [0.2, 0.25) is 0 Å². The number of imidazole rings is 1. The monoisotopic (exact) mass is 264 g/mol. The predicted octanol–water partition coefficient (Wildman–Crippen LogP) is 2.13. The quantitative estimate of drug-likeness (QED) is 0.795. The first kappa shape index (κ1) is 13.5. The molecule has 98 valence electrons. The van der Waals surface area contributed by atoms with E-state index in [2.05, 4.69) is 4.98 Å². The Kier molecular flexibility index (Phi) is 3.63. The second-order valence-corrected chi connectivity index (χ2v) is 4.53. The van der Waals surface area contributed by atoms with Crippen LogP contribution < -0.4 is 0 Å². The van der Waals surface area contributed by atoms with Crippen LogP contribution in [0.25, 0.3) is 0 Å². The number of nitriles is 2. The first-order valence-electron chi connectivity index (χ1n) is 6.02. The van der Waals surface area contributed by atoms with Crippen molar-refractivity contribution in [2.75, 3.05) is 0 Å². The second-order valence-electron chi connectivity index (χ2n) is 4.53. The number of rotatable bonds is 3. The van der Waals surface area contributed by atoms with Crippen molar-refractivity contribution in [3.05, 3.63) is 52.6 Å². The Bertz CT molecular complexity index is 759. The summed E-state index contributed by atoms with van der Waals surface area (Å²) in [5, 5.41) is 17.9. The lowest BCUT2D eigenvalue weighted by molar-refractivity contribution is 0.0971. The Morgan fingerprint density at radius 3 is 2.70 bits per heavy atom. The first-order chi connectivity index (χ1) is 9.56. The van der Waals surface area contributed by atoms with Crippen molar-refractivity contribution in [1.29, 1.82) is 10.5 Å². The molecule has 20 heavy (non-hydrogen) atoms. The van der Waals surface area contributed by atoms with E-state index in [0.29, 0.717) is 5.56 Å². The standard InChI is InChI=1S/C15H12N4O/c1-10-3-4-11(2)12(5-10)15(20)8-19-9-18-13(6-16)14(19)7-17/h3-5,9H,8H2,1-2H3. The number of aryl methyl sites for hydroxylation is 2. The van der Waals surface area contributed by atoms with Gasteiger partial charge in [0, 0.05) is 5.56 Å². The molecule has 2 rings (SSSR count). The van der Waals surface area contributed by atoms with Gasteiger partial charge in [-0.2, -0.15) is 10.5 Å². The highest BCUT2D eigenvalue weighted by molar-refractivity contribution is 5.97. The van der Waals surface area contributed by atoms with Gasteiger partial charge in [0.1, 0.15) is 12.1 Å². The summed E-state index contributed by atoms with van der Waals surface area (Å²) in [6.07, 6.45) is 1.35. The summed E-state index contributed by atoms with van der Waals surface area (Å²) in [6, 6.07) is 9.40. The first-order valence-corrected chi connectivity index (χ1v) is 6.02. The fourth-order valence-electron chi connectivity index (χ4n) is 1.98. The molecule has 0 saturated carbocycles. The number of Topliss-reactive ketones (excluding diaryl/α,β-unsaturated/α-hetero) is 1. The van der Waals surface area contributed by atoms with Gasteiger partial charge in [-0.25, -0.2) is 4.98 Å². The van der Waals surface area contributed by atoms with Crippen LogP contribution in [0.15, 0.2) is 24.5 Å². The van der Waals surface area contributed by atoms with E-state index in [1.807, 2.05) is 44.2 Å². The summed E-state index contributed by atoms with van der Waals surface area (Å²) in [5.74, 6) is -0.107. The largest absolute Gasteiger partial charge is 0.313 e. The fraction of sp³-hybridized carbons (Fsp3) is 0.200. The van der Waals surface area contributed by atoms with Gasteiger partial charge in [0.2, 0.25) is 0 Å². The van der Waals surface area contributed by atoms with E-state index in [9.17, 15) is 4.79 Å². The Morgan fingerprint density at radius 2 is 2.05 bits per heavy atom. The van der Waals surface area contributed by atoms with E-state index in [1.54, 1.807) is 0 Å². The predicted molar refractivity (Wildman–Crippen MR) is 71.9 cm³/mol. The maximum absolute atomic E-state index is 12.3. The summed E-state index contributed by atoms with van der Waals surface area (Å²) < 4.78 is 1.41.